The second-order valence-corrected chi connectivity index (χ2v) is 8.42. The van der Waals surface area contributed by atoms with Gasteiger partial charge in [-0.3, -0.25) is 14.9 Å². The zero-order valence-electron chi connectivity index (χ0n) is 16.2. The topological polar surface area (TPSA) is 120 Å². The summed E-state index contributed by atoms with van der Waals surface area (Å²) in [6.07, 6.45) is 1.09. The lowest BCUT2D eigenvalue weighted by Crippen LogP contribution is -2.14. The average Bonchev–Trinajstić information content (AvgIpc) is 3.20. The highest BCUT2D eigenvalue weighted by Crippen LogP contribution is 2.28. The predicted molar refractivity (Wildman–Crippen MR) is 122 cm³/mol. The van der Waals surface area contributed by atoms with Crippen LogP contribution in [0.15, 0.2) is 46.0 Å². The summed E-state index contributed by atoms with van der Waals surface area (Å²) in [5.74, 6) is 0.470. The molecule has 3 rings (SSSR count). The molecule has 0 saturated carbocycles. The molecule has 0 saturated heterocycles. The van der Waals surface area contributed by atoms with Crippen LogP contribution < -0.4 is 10.1 Å². The maximum absolute atomic E-state index is 12.1. The highest BCUT2D eigenvalue weighted by atomic mass is 35.5. The van der Waals surface area contributed by atoms with Crippen LogP contribution in [0.2, 0.25) is 15.1 Å². The maximum Gasteiger partial charge on any atom is 0.277 e. The maximum atomic E-state index is 12.1. The average molecular weight is 518 g/mol. The number of benzene rings is 2. The predicted octanol–water partition coefficient (Wildman–Crippen LogP) is 5.68. The van der Waals surface area contributed by atoms with Crippen molar-refractivity contribution in [1.29, 1.82) is 0 Å². The van der Waals surface area contributed by atoms with E-state index in [0.29, 0.717) is 41.1 Å². The van der Waals surface area contributed by atoms with Crippen molar-refractivity contribution < 1.29 is 18.9 Å². The minimum absolute atomic E-state index is 0.0428. The van der Waals surface area contributed by atoms with E-state index in [-0.39, 0.29) is 27.4 Å². The minimum Gasteiger partial charge on any atom is -0.492 e. The Morgan fingerprint density at radius 3 is 2.72 bits per heavy atom. The number of rotatable bonds is 10. The Hall–Kier alpha value is -2.53. The number of nitro benzene ring substituents is 1. The van der Waals surface area contributed by atoms with Gasteiger partial charge in [-0.2, -0.15) is 0 Å². The highest BCUT2D eigenvalue weighted by Gasteiger charge is 2.14. The number of anilines is 1. The van der Waals surface area contributed by atoms with Crippen LogP contribution >= 0.6 is 46.6 Å². The molecule has 0 aliphatic rings. The lowest BCUT2D eigenvalue weighted by Gasteiger charge is -2.07. The van der Waals surface area contributed by atoms with Gasteiger partial charge in [0.25, 0.3) is 10.9 Å². The van der Waals surface area contributed by atoms with Crippen molar-refractivity contribution in [2.45, 2.75) is 18.1 Å². The summed E-state index contributed by atoms with van der Waals surface area (Å²) >= 11 is 18.9. The van der Waals surface area contributed by atoms with Crippen LogP contribution in [0.4, 0.5) is 11.4 Å². The van der Waals surface area contributed by atoms with Crippen LogP contribution in [0.5, 0.6) is 5.75 Å². The van der Waals surface area contributed by atoms with Gasteiger partial charge in [0.05, 0.1) is 33.0 Å². The summed E-state index contributed by atoms with van der Waals surface area (Å²) in [7, 11) is 0. The Morgan fingerprint density at radius 2 is 1.97 bits per heavy atom. The van der Waals surface area contributed by atoms with Gasteiger partial charge >= 0.3 is 0 Å². The number of ether oxygens (including phenoxy) is 1. The first-order valence-corrected chi connectivity index (χ1v) is 11.2. The van der Waals surface area contributed by atoms with Crippen molar-refractivity contribution in [2.75, 3.05) is 17.7 Å². The van der Waals surface area contributed by atoms with E-state index in [2.05, 4.69) is 15.5 Å². The molecule has 0 aliphatic carbocycles. The molecule has 0 aliphatic heterocycles. The molecule has 1 heterocycles. The SMILES string of the molecule is O=C(CSc1nnc(CCCOc2ccc(Cl)cc2Cl)o1)Nc1cc([N+](=O)[O-])ccc1Cl. The Kier molecular flexibility index (Phi) is 8.57. The Morgan fingerprint density at radius 1 is 1.16 bits per heavy atom. The third-order valence-corrected chi connectivity index (χ3v) is 5.57. The number of aromatic nitrogens is 2. The smallest absolute Gasteiger partial charge is 0.277 e. The summed E-state index contributed by atoms with van der Waals surface area (Å²) in [6, 6.07) is 8.77. The van der Waals surface area contributed by atoms with Crippen LogP contribution in [-0.4, -0.2) is 33.4 Å². The van der Waals surface area contributed by atoms with Crippen LogP contribution in [0.3, 0.4) is 0 Å². The number of non-ortho nitro benzene ring substituents is 1. The fraction of sp³-hybridized carbons (Fsp3) is 0.211. The summed E-state index contributed by atoms with van der Waals surface area (Å²) in [6.45, 7) is 0.387. The van der Waals surface area contributed by atoms with Gasteiger partial charge in [0.15, 0.2) is 0 Å². The third-order valence-electron chi connectivity index (χ3n) is 3.90. The molecule has 13 heteroatoms. The van der Waals surface area contributed by atoms with Gasteiger partial charge < -0.3 is 14.5 Å². The fourth-order valence-corrected chi connectivity index (χ4v) is 3.64. The molecular formula is C19H15Cl3N4O5S. The van der Waals surface area contributed by atoms with E-state index < -0.39 is 10.8 Å². The van der Waals surface area contributed by atoms with Crippen LogP contribution in [0.1, 0.15) is 12.3 Å². The number of carbonyl (C=O) groups excluding carboxylic acids is 1. The molecule has 1 N–H and O–H groups in total. The molecule has 32 heavy (non-hydrogen) atoms. The van der Waals surface area contributed by atoms with E-state index >= 15 is 0 Å². The minimum atomic E-state index is -0.574. The van der Waals surface area contributed by atoms with Gasteiger partial charge in [-0.1, -0.05) is 46.6 Å². The molecule has 0 radical (unpaired) electrons. The molecule has 0 fully saturated rings. The monoisotopic (exact) mass is 516 g/mol. The van der Waals surface area contributed by atoms with Gasteiger partial charge in [-0.25, -0.2) is 0 Å². The summed E-state index contributed by atoms with van der Waals surface area (Å²) in [4.78, 5) is 22.4. The molecule has 3 aromatic rings. The van der Waals surface area contributed by atoms with E-state index in [1.807, 2.05) is 0 Å². The first-order chi connectivity index (χ1) is 15.3. The number of hydrogen-bond donors (Lipinski definition) is 1. The Labute approximate surface area is 201 Å². The standard InChI is InChI=1S/C19H15Cl3N4O5S/c20-11-3-6-16(14(22)8-11)30-7-1-2-18-24-25-19(31-18)32-10-17(27)23-15-9-12(26(28)29)4-5-13(15)21/h3-6,8-9H,1-2,7,10H2,(H,23,27). The van der Waals surface area contributed by atoms with Crippen molar-refractivity contribution in [3.05, 3.63) is 67.5 Å². The number of aryl methyl sites for hydroxylation is 1. The number of nitrogens with one attached hydrogen (secondary N) is 1. The van der Waals surface area contributed by atoms with E-state index in [9.17, 15) is 14.9 Å². The number of halogens is 3. The van der Waals surface area contributed by atoms with Gasteiger partial charge in [0.1, 0.15) is 5.75 Å². The van der Waals surface area contributed by atoms with Gasteiger partial charge in [0.2, 0.25) is 11.8 Å². The van der Waals surface area contributed by atoms with E-state index in [1.54, 1.807) is 18.2 Å². The lowest BCUT2D eigenvalue weighted by atomic mass is 10.3. The zero-order valence-corrected chi connectivity index (χ0v) is 19.3. The zero-order chi connectivity index (χ0) is 23.1. The van der Waals surface area contributed by atoms with Crippen LogP contribution in [-0.2, 0) is 11.2 Å². The second-order valence-electron chi connectivity index (χ2n) is 6.25. The molecule has 0 unspecified atom stereocenters. The van der Waals surface area contributed by atoms with E-state index in [0.717, 1.165) is 11.8 Å². The van der Waals surface area contributed by atoms with Gasteiger partial charge in [-0.15, -0.1) is 10.2 Å². The largest absolute Gasteiger partial charge is 0.492 e. The Balaban J connectivity index is 1.42. The van der Waals surface area contributed by atoms with Gasteiger partial charge in [0, 0.05) is 23.6 Å². The molecule has 0 spiro atoms. The van der Waals surface area contributed by atoms with E-state index in [1.165, 1.54) is 18.2 Å². The number of thioether (sulfide) groups is 1. The van der Waals surface area contributed by atoms with Crippen molar-refractivity contribution in [2.24, 2.45) is 0 Å². The summed E-state index contributed by atoms with van der Waals surface area (Å²) in [5, 5.41) is 22.6. The molecule has 1 amide bonds. The van der Waals surface area contributed by atoms with Crippen molar-refractivity contribution in [1.82, 2.24) is 10.2 Å². The highest BCUT2D eigenvalue weighted by molar-refractivity contribution is 7.99. The number of carbonyl (C=O) groups is 1. The quantitative estimate of drug-likeness (QED) is 0.158. The normalized spacial score (nSPS) is 10.7. The molecule has 2 aromatic carbocycles. The molecule has 168 valence electrons. The second kappa shape index (κ2) is 11.4. The fourth-order valence-electron chi connectivity index (χ4n) is 2.43. The molecule has 1 aromatic heterocycles. The first kappa shape index (κ1) is 24.1. The summed E-state index contributed by atoms with van der Waals surface area (Å²) < 4.78 is 11.1. The summed E-state index contributed by atoms with van der Waals surface area (Å²) in [5.41, 5.74) is -0.0281. The van der Waals surface area contributed by atoms with Crippen molar-refractivity contribution >= 4 is 63.8 Å². The van der Waals surface area contributed by atoms with E-state index in [4.69, 9.17) is 44.0 Å². The molecule has 0 atom stereocenters. The number of nitrogens with zero attached hydrogens (tertiary/aromatic N) is 3. The number of amides is 1. The van der Waals surface area contributed by atoms with Gasteiger partial charge in [-0.05, 0) is 30.7 Å². The molecular weight excluding hydrogens is 503 g/mol. The number of nitro groups is 1. The number of hydrogen-bond acceptors (Lipinski definition) is 8. The molecule has 9 nitrogen and oxygen atoms in total. The lowest BCUT2D eigenvalue weighted by molar-refractivity contribution is -0.384. The van der Waals surface area contributed by atoms with Crippen LogP contribution in [0, 0.1) is 10.1 Å². The molecule has 0 bridgehead atoms. The first-order valence-electron chi connectivity index (χ1n) is 9.08. The Bertz CT molecular complexity index is 1130. The van der Waals surface area contributed by atoms with Crippen molar-refractivity contribution in [3.8, 4) is 5.75 Å². The third kappa shape index (κ3) is 6.99. The van der Waals surface area contributed by atoms with Crippen molar-refractivity contribution in [3.63, 3.8) is 0 Å². The van der Waals surface area contributed by atoms with Crippen LogP contribution in [0.25, 0.3) is 0 Å².